The molecular weight excluding hydrogens is 781 g/mol. The topological polar surface area (TPSA) is 180 Å². The third-order valence-corrected chi connectivity index (χ3v) is 12.3. The van der Waals surface area contributed by atoms with Crippen molar-refractivity contribution < 1.29 is 43.3 Å². The van der Waals surface area contributed by atoms with Gasteiger partial charge in [-0.25, -0.2) is 4.79 Å². The minimum Gasteiger partial charge on any atom is -0.467 e. The molecule has 15 nitrogen and oxygen atoms in total. The number of nitrogens with zero attached hydrogens (tertiary/aromatic N) is 4. The van der Waals surface area contributed by atoms with E-state index in [0.29, 0.717) is 37.9 Å². The summed E-state index contributed by atoms with van der Waals surface area (Å²) in [5, 5.41) is 16.8. The Balaban J connectivity index is 1.80. The number of aliphatic hydroxyl groups is 1. The van der Waals surface area contributed by atoms with Crippen LogP contribution < -0.4 is 10.6 Å². The molecule has 3 N–H and O–H groups in total. The summed E-state index contributed by atoms with van der Waals surface area (Å²) >= 11 is 0. The van der Waals surface area contributed by atoms with E-state index in [9.17, 15) is 29.1 Å². The molecule has 1 fully saturated rings. The maximum absolute atomic E-state index is 14.5. The van der Waals surface area contributed by atoms with E-state index in [-0.39, 0.29) is 41.9 Å². The summed E-state index contributed by atoms with van der Waals surface area (Å²) in [5.41, 5.74) is 1.45. The Bertz CT molecular complexity index is 1700. The fraction of sp³-hybridized carbons (Fsp3) is 0.652. The quantitative estimate of drug-likeness (QED) is 0.138. The zero-order valence-corrected chi connectivity index (χ0v) is 38.4. The minimum atomic E-state index is -1.37. The fourth-order valence-corrected chi connectivity index (χ4v) is 8.69. The van der Waals surface area contributed by atoms with Gasteiger partial charge in [-0.15, -0.1) is 0 Å². The van der Waals surface area contributed by atoms with Crippen LogP contribution in [0, 0.1) is 23.7 Å². The smallest absolute Gasteiger partial charge is 0.331 e. The molecule has 0 saturated carbocycles. The Kier molecular flexibility index (Phi) is 20.3. The number of carbonyl (C=O) groups is 5. The molecule has 2 heterocycles. The third kappa shape index (κ3) is 13.3. The molecule has 0 aliphatic carbocycles. The van der Waals surface area contributed by atoms with Crippen LogP contribution >= 0.6 is 0 Å². The van der Waals surface area contributed by atoms with Crippen LogP contribution in [0.3, 0.4) is 0 Å². The van der Waals surface area contributed by atoms with E-state index < -0.39 is 66.3 Å². The maximum atomic E-state index is 14.5. The summed E-state index contributed by atoms with van der Waals surface area (Å²) in [7, 11) is 7.81. The molecule has 1 aromatic carbocycles. The molecule has 15 heteroatoms. The van der Waals surface area contributed by atoms with Crippen molar-refractivity contribution in [1.29, 1.82) is 0 Å². The minimum absolute atomic E-state index is 0.0434. The lowest BCUT2D eigenvalue weighted by Gasteiger charge is -2.41. The number of hydrogen-bond acceptors (Lipinski definition) is 11. The second-order valence-corrected chi connectivity index (χ2v) is 17.1. The normalized spacial score (nSPS) is 18.7. The Morgan fingerprint density at radius 1 is 0.869 bits per heavy atom. The number of aliphatic hydroxyl groups excluding tert-OH is 1. The van der Waals surface area contributed by atoms with Crippen LogP contribution in [0.4, 0.5) is 0 Å². The Morgan fingerprint density at radius 2 is 1.49 bits per heavy atom. The van der Waals surface area contributed by atoms with Crippen LogP contribution in [-0.4, -0.2) is 139 Å². The van der Waals surface area contributed by atoms with Crippen molar-refractivity contribution in [1.82, 2.24) is 30.3 Å². The molecule has 0 bridgehead atoms. The van der Waals surface area contributed by atoms with Crippen LogP contribution in [0.5, 0.6) is 0 Å². The molecule has 2 aromatic rings. The van der Waals surface area contributed by atoms with Crippen molar-refractivity contribution in [2.45, 2.75) is 129 Å². The van der Waals surface area contributed by atoms with Crippen molar-refractivity contribution in [2.75, 3.05) is 42.0 Å². The van der Waals surface area contributed by atoms with E-state index in [1.165, 1.54) is 21.3 Å². The number of methoxy groups -OCH3 is 3. The monoisotopic (exact) mass is 853 g/mol. The average Bonchev–Trinajstić information content (AvgIpc) is 3.73. The van der Waals surface area contributed by atoms with Crippen LogP contribution in [0.1, 0.15) is 91.4 Å². The van der Waals surface area contributed by atoms with Crippen LogP contribution in [0.15, 0.2) is 54.9 Å². The molecule has 3 rings (SSSR count). The number of benzene rings is 1. The molecule has 10 atom stereocenters. The summed E-state index contributed by atoms with van der Waals surface area (Å²) in [6, 6.07) is 8.64. The van der Waals surface area contributed by atoms with E-state index in [4.69, 9.17) is 14.2 Å². The molecule has 61 heavy (non-hydrogen) atoms. The number of likely N-dealkylation sites (N-methyl/N-ethyl adjacent to an activating group) is 2. The van der Waals surface area contributed by atoms with Gasteiger partial charge in [0, 0.05) is 46.8 Å². The number of rotatable bonds is 23. The van der Waals surface area contributed by atoms with Gasteiger partial charge >= 0.3 is 5.97 Å². The third-order valence-electron chi connectivity index (χ3n) is 12.3. The lowest BCUT2D eigenvalue weighted by Crippen LogP contribution is -2.60. The maximum Gasteiger partial charge on any atom is 0.331 e. The number of ether oxygens (including phenoxy) is 3. The molecule has 1 aliphatic rings. The second kappa shape index (κ2) is 24.3. The Hall–Kier alpha value is -4.44. The van der Waals surface area contributed by atoms with Gasteiger partial charge in [-0.3, -0.25) is 29.1 Å². The first kappa shape index (κ1) is 50.9. The first-order valence-corrected chi connectivity index (χ1v) is 21.6. The molecule has 0 spiro atoms. The average molecular weight is 853 g/mol. The molecule has 4 amide bonds. The number of aromatic nitrogens is 1. The van der Waals surface area contributed by atoms with Gasteiger partial charge in [0.05, 0.1) is 49.8 Å². The van der Waals surface area contributed by atoms with Gasteiger partial charge in [0.2, 0.25) is 23.6 Å². The number of pyridine rings is 1. The van der Waals surface area contributed by atoms with Crippen LogP contribution in [0.2, 0.25) is 0 Å². The highest BCUT2D eigenvalue weighted by Gasteiger charge is 2.44. The van der Waals surface area contributed by atoms with Crippen molar-refractivity contribution >= 4 is 29.6 Å². The molecular formula is C46H72N6O9. The number of hydrogen-bond donors (Lipinski definition) is 3. The largest absolute Gasteiger partial charge is 0.467 e. The lowest BCUT2D eigenvalue weighted by atomic mass is 9.89. The lowest BCUT2D eigenvalue weighted by molar-refractivity contribution is -0.151. The molecule has 1 aliphatic heterocycles. The molecule has 1 saturated heterocycles. The summed E-state index contributed by atoms with van der Waals surface area (Å²) in [5.74, 6) is -3.27. The molecule has 0 unspecified atom stereocenters. The van der Waals surface area contributed by atoms with E-state index in [1.807, 2.05) is 65.6 Å². The SMILES string of the molecule is CC[C@H](C)[C@@H]([C@@H](CC(=O)N1CCC[C@H]1[C@H](OC)[C@@H](C)C(=O)N[C@H](C(=O)OC)[C@@H](O)c1ccccc1)OC)N(C)C(=O)[C@@H](NC(=O)[C@H](C(C)C)N(C)Cc1ccncc1)C(C)C. The van der Waals surface area contributed by atoms with Gasteiger partial charge in [-0.2, -0.15) is 0 Å². The van der Waals surface area contributed by atoms with E-state index in [1.54, 1.807) is 66.5 Å². The van der Waals surface area contributed by atoms with Gasteiger partial charge in [0.15, 0.2) is 6.04 Å². The number of amides is 4. The first-order valence-electron chi connectivity index (χ1n) is 21.6. The predicted molar refractivity (Wildman–Crippen MR) is 233 cm³/mol. The van der Waals surface area contributed by atoms with Crippen LogP contribution in [-0.2, 0) is 44.7 Å². The van der Waals surface area contributed by atoms with E-state index >= 15 is 0 Å². The fourth-order valence-electron chi connectivity index (χ4n) is 8.69. The van der Waals surface area contributed by atoms with Crippen molar-refractivity contribution in [3.8, 4) is 0 Å². The number of nitrogens with one attached hydrogen (secondary N) is 2. The Labute approximate surface area is 363 Å². The Morgan fingerprint density at radius 3 is 2.03 bits per heavy atom. The highest BCUT2D eigenvalue weighted by molar-refractivity contribution is 5.90. The highest BCUT2D eigenvalue weighted by atomic mass is 16.5. The van der Waals surface area contributed by atoms with Gasteiger partial charge < -0.3 is 39.8 Å². The van der Waals surface area contributed by atoms with Gasteiger partial charge in [0.1, 0.15) is 12.1 Å². The summed E-state index contributed by atoms with van der Waals surface area (Å²) in [4.78, 5) is 78.8. The zero-order chi connectivity index (χ0) is 45.6. The molecule has 0 radical (unpaired) electrons. The standard InChI is InChI=1S/C46H72N6O9/c1-13-30(6)40(51(9)45(57)37(28(2)3)48-44(56)39(29(4)5)50(8)27-32-21-23-47-24-22-32)35(59-10)26-36(53)52-25-17-20-34(52)42(60-11)31(7)43(55)49-38(46(58)61-12)41(54)33-18-15-14-16-19-33/h14-16,18-19,21-24,28-31,34-35,37-42,54H,13,17,20,25-27H2,1-12H3,(H,48,56)(H,49,55)/t30-,31+,34-,35+,37-,38-,39-,40-,41-,42+/m0/s1. The number of likely N-dealkylation sites (tertiary alicyclic amines) is 1. The summed E-state index contributed by atoms with van der Waals surface area (Å²) < 4.78 is 16.9. The number of esters is 1. The van der Waals surface area contributed by atoms with Crippen molar-refractivity contribution in [3.05, 3.63) is 66.0 Å². The second-order valence-electron chi connectivity index (χ2n) is 17.1. The predicted octanol–water partition coefficient (Wildman–Crippen LogP) is 3.99. The molecule has 340 valence electrons. The van der Waals surface area contributed by atoms with Crippen molar-refractivity contribution in [2.24, 2.45) is 23.7 Å². The van der Waals surface area contributed by atoms with E-state index in [2.05, 4.69) is 15.6 Å². The van der Waals surface area contributed by atoms with Crippen LogP contribution in [0.25, 0.3) is 0 Å². The van der Waals surface area contributed by atoms with Gasteiger partial charge in [-0.1, -0.05) is 85.2 Å². The summed E-state index contributed by atoms with van der Waals surface area (Å²) in [6.45, 7) is 14.4. The van der Waals surface area contributed by atoms with E-state index in [0.717, 1.165) is 5.56 Å². The first-order chi connectivity index (χ1) is 28.9. The van der Waals surface area contributed by atoms with Gasteiger partial charge in [-0.05, 0) is 60.9 Å². The molecule has 1 aromatic heterocycles. The van der Waals surface area contributed by atoms with Crippen molar-refractivity contribution in [3.63, 3.8) is 0 Å². The zero-order valence-electron chi connectivity index (χ0n) is 38.4. The summed E-state index contributed by atoms with van der Waals surface area (Å²) in [6.07, 6.45) is 2.54. The van der Waals surface area contributed by atoms with Gasteiger partial charge in [0.25, 0.3) is 0 Å². The number of carbonyl (C=O) groups excluding carboxylic acids is 5. The highest BCUT2D eigenvalue weighted by Crippen LogP contribution is 2.30.